The molecule has 150 valence electrons. The number of carbonyl (C=O) groups is 1. The highest BCUT2D eigenvalue weighted by Crippen LogP contribution is 2.31. The number of amides is 1. The first kappa shape index (κ1) is 21.0. The van der Waals surface area contributed by atoms with Crippen molar-refractivity contribution in [1.29, 1.82) is 0 Å². The van der Waals surface area contributed by atoms with E-state index in [0.717, 1.165) is 17.7 Å². The average Bonchev–Trinajstić information content (AvgIpc) is 2.65. The van der Waals surface area contributed by atoms with Crippen LogP contribution in [0.4, 0.5) is 18.9 Å². The highest BCUT2D eigenvalue weighted by Gasteiger charge is 2.31. The summed E-state index contributed by atoms with van der Waals surface area (Å²) in [4.78, 5) is 14.6. The number of rotatable bonds is 4. The molecule has 1 aliphatic heterocycles. The second kappa shape index (κ2) is 8.72. The molecule has 1 heterocycles. The first-order valence-electron chi connectivity index (χ1n) is 8.87. The second-order valence-corrected chi connectivity index (χ2v) is 7.63. The number of benzene rings is 2. The van der Waals surface area contributed by atoms with E-state index in [1.807, 2.05) is 0 Å². The number of piperidine rings is 1. The van der Waals surface area contributed by atoms with Crippen LogP contribution in [0.25, 0.3) is 0 Å². The van der Waals surface area contributed by atoms with Crippen LogP contribution in [0.5, 0.6) is 0 Å². The van der Waals surface area contributed by atoms with E-state index in [9.17, 15) is 18.0 Å². The Morgan fingerprint density at radius 3 is 2.29 bits per heavy atom. The van der Waals surface area contributed by atoms with Crippen molar-refractivity contribution >= 4 is 34.8 Å². The molecule has 0 bridgehead atoms. The van der Waals surface area contributed by atoms with Gasteiger partial charge in [0, 0.05) is 33.8 Å². The van der Waals surface area contributed by atoms with E-state index in [1.165, 1.54) is 12.1 Å². The van der Waals surface area contributed by atoms with E-state index < -0.39 is 11.7 Å². The van der Waals surface area contributed by atoms with Gasteiger partial charge in [0.25, 0.3) is 0 Å². The first-order chi connectivity index (χ1) is 13.2. The lowest BCUT2D eigenvalue weighted by molar-refractivity contribution is -0.137. The van der Waals surface area contributed by atoms with Gasteiger partial charge in [-0.25, -0.2) is 0 Å². The van der Waals surface area contributed by atoms with Crippen LogP contribution < -0.4 is 5.32 Å². The van der Waals surface area contributed by atoms with Crippen LogP contribution in [0.15, 0.2) is 42.5 Å². The molecule has 0 aromatic heterocycles. The summed E-state index contributed by atoms with van der Waals surface area (Å²) in [5, 5.41) is 3.82. The summed E-state index contributed by atoms with van der Waals surface area (Å²) in [6.45, 7) is 1.96. The zero-order chi connectivity index (χ0) is 20.3. The maximum Gasteiger partial charge on any atom is 0.416 e. The van der Waals surface area contributed by atoms with Crippen molar-refractivity contribution in [3.8, 4) is 0 Å². The topological polar surface area (TPSA) is 32.3 Å². The molecule has 3 nitrogen and oxygen atoms in total. The highest BCUT2D eigenvalue weighted by atomic mass is 35.5. The molecule has 8 heteroatoms. The van der Waals surface area contributed by atoms with Crippen molar-refractivity contribution in [3.05, 3.63) is 63.6 Å². The minimum Gasteiger partial charge on any atom is -0.326 e. The average molecular weight is 431 g/mol. The van der Waals surface area contributed by atoms with Gasteiger partial charge in [0.1, 0.15) is 0 Å². The third kappa shape index (κ3) is 5.19. The molecule has 3 rings (SSSR count). The number of halogens is 5. The molecule has 2 aromatic carbocycles. The standard InChI is InChI=1S/C20H19Cl2F3N2O/c21-17-5-2-6-18(22)16(17)12-27-9-7-13(8-10-27)19(28)26-15-4-1-3-14(11-15)20(23,24)25/h1-6,11,13H,7-10,12H2,(H,26,28). The summed E-state index contributed by atoms with van der Waals surface area (Å²) in [5.74, 6) is -0.498. The van der Waals surface area contributed by atoms with Crippen molar-refractivity contribution in [2.45, 2.75) is 25.6 Å². The fraction of sp³-hybridized carbons (Fsp3) is 0.350. The van der Waals surface area contributed by atoms with Crippen molar-refractivity contribution in [2.75, 3.05) is 18.4 Å². The minimum absolute atomic E-state index is 0.158. The number of hydrogen-bond donors (Lipinski definition) is 1. The molecule has 1 N–H and O–H groups in total. The van der Waals surface area contributed by atoms with E-state index in [4.69, 9.17) is 23.2 Å². The molecule has 0 radical (unpaired) electrons. The Balaban J connectivity index is 1.56. The number of alkyl halides is 3. The SMILES string of the molecule is O=C(Nc1cccc(C(F)(F)F)c1)C1CCN(Cc2c(Cl)cccc2Cl)CC1. The van der Waals surface area contributed by atoms with Crippen molar-refractivity contribution in [2.24, 2.45) is 5.92 Å². The van der Waals surface area contributed by atoms with Crippen LogP contribution in [-0.4, -0.2) is 23.9 Å². The smallest absolute Gasteiger partial charge is 0.326 e. The Bertz CT molecular complexity index is 829. The van der Waals surface area contributed by atoms with E-state index in [1.54, 1.807) is 18.2 Å². The Hall–Kier alpha value is -1.76. The molecule has 0 saturated carbocycles. The van der Waals surface area contributed by atoms with Gasteiger partial charge >= 0.3 is 6.18 Å². The van der Waals surface area contributed by atoms with Gasteiger partial charge in [-0.2, -0.15) is 13.2 Å². The molecule has 1 saturated heterocycles. The third-order valence-electron chi connectivity index (χ3n) is 4.86. The predicted octanol–water partition coefficient (Wildman–Crippen LogP) is 5.86. The van der Waals surface area contributed by atoms with Crippen molar-refractivity contribution in [3.63, 3.8) is 0 Å². The lowest BCUT2D eigenvalue weighted by Gasteiger charge is -2.31. The molecule has 0 atom stereocenters. The zero-order valence-corrected chi connectivity index (χ0v) is 16.4. The summed E-state index contributed by atoms with van der Waals surface area (Å²) < 4.78 is 38.4. The summed E-state index contributed by atoms with van der Waals surface area (Å²) >= 11 is 12.4. The van der Waals surface area contributed by atoms with Crippen LogP contribution in [0.2, 0.25) is 10.0 Å². The molecule has 0 unspecified atom stereocenters. The molecule has 0 spiro atoms. The van der Waals surface area contributed by atoms with Gasteiger partial charge in [0.05, 0.1) is 5.56 Å². The van der Waals surface area contributed by atoms with E-state index in [0.29, 0.717) is 42.5 Å². The van der Waals surface area contributed by atoms with Crippen LogP contribution >= 0.6 is 23.2 Å². The van der Waals surface area contributed by atoms with Crippen LogP contribution in [0, 0.1) is 5.92 Å². The maximum absolute atomic E-state index is 12.8. The highest BCUT2D eigenvalue weighted by molar-refractivity contribution is 6.35. The van der Waals surface area contributed by atoms with Gasteiger partial charge in [-0.3, -0.25) is 9.69 Å². The fourth-order valence-electron chi connectivity index (χ4n) is 3.28. The minimum atomic E-state index is -4.44. The first-order valence-corrected chi connectivity index (χ1v) is 9.63. The lowest BCUT2D eigenvalue weighted by atomic mass is 9.95. The Morgan fingerprint density at radius 1 is 1.07 bits per heavy atom. The van der Waals surface area contributed by atoms with E-state index in [2.05, 4.69) is 10.2 Å². The maximum atomic E-state index is 12.8. The molecule has 0 aliphatic carbocycles. The molecule has 1 amide bonds. The van der Waals surface area contributed by atoms with Crippen LogP contribution in [-0.2, 0) is 17.5 Å². The Morgan fingerprint density at radius 2 is 1.68 bits per heavy atom. The number of nitrogens with one attached hydrogen (secondary N) is 1. The number of anilines is 1. The molecular weight excluding hydrogens is 412 g/mol. The third-order valence-corrected chi connectivity index (χ3v) is 5.57. The molecule has 28 heavy (non-hydrogen) atoms. The molecular formula is C20H19Cl2F3N2O. The number of carbonyl (C=O) groups excluding carboxylic acids is 1. The van der Waals surface area contributed by atoms with Gasteiger partial charge in [-0.15, -0.1) is 0 Å². The summed E-state index contributed by atoms with van der Waals surface area (Å²) in [6, 6.07) is 10.0. The summed E-state index contributed by atoms with van der Waals surface area (Å²) in [7, 11) is 0. The van der Waals surface area contributed by atoms with E-state index >= 15 is 0 Å². The molecule has 1 aliphatic rings. The largest absolute Gasteiger partial charge is 0.416 e. The van der Waals surface area contributed by atoms with Gasteiger partial charge in [-0.05, 0) is 56.3 Å². The van der Waals surface area contributed by atoms with Gasteiger partial charge in [-0.1, -0.05) is 35.3 Å². The molecule has 1 fully saturated rings. The van der Waals surface area contributed by atoms with Gasteiger partial charge in [0.15, 0.2) is 0 Å². The van der Waals surface area contributed by atoms with Crippen LogP contribution in [0.1, 0.15) is 24.0 Å². The second-order valence-electron chi connectivity index (χ2n) is 6.82. The number of likely N-dealkylation sites (tertiary alicyclic amines) is 1. The zero-order valence-electron chi connectivity index (χ0n) is 14.9. The monoisotopic (exact) mass is 430 g/mol. The predicted molar refractivity (Wildman–Crippen MR) is 105 cm³/mol. The Kier molecular flexibility index (Phi) is 6.53. The molecule has 2 aromatic rings. The summed E-state index contributed by atoms with van der Waals surface area (Å²) in [6.07, 6.45) is -3.20. The fourth-order valence-corrected chi connectivity index (χ4v) is 3.79. The lowest BCUT2D eigenvalue weighted by Crippen LogP contribution is -2.37. The number of hydrogen-bond acceptors (Lipinski definition) is 2. The van der Waals surface area contributed by atoms with Crippen molar-refractivity contribution in [1.82, 2.24) is 4.90 Å². The number of nitrogens with zero attached hydrogens (tertiary/aromatic N) is 1. The van der Waals surface area contributed by atoms with Crippen molar-refractivity contribution < 1.29 is 18.0 Å². The quantitative estimate of drug-likeness (QED) is 0.658. The Labute approximate surface area is 171 Å². The van der Waals surface area contributed by atoms with Gasteiger partial charge < -0.3 is 5.32 Å². The summed E-state index contributed by atoms with van der Waals surface area (Å²) in [5.41, 5.74) is 0.236. The normalized spacial score (nSPS) is 16.2. The van der Waals surface area contributed by atoms with Gasteiger partial charge in [0.2, 0.25) is 5.91 Å². The van der Waals surface area contributed by atoms with Crippen LogP contribution in [0.3, 0.4) is 0 Å². The van der Waals surface area contributed by atoms with E-state index in [-0.39, 0.29) is 17.5 Å².